The average Bonchev–Trinajstić information content (AvgIpc) is 2.87. The first-order chi connectivity index (χ1) is 10.7. The Morgan fingerprint density at radius 2 is 1.41 bits per heavy atom. The Balaban J connectivity index is 2.15. The van der Waals surface area contributed by atoms with E-state index in [0.717, 1.165) is 22.5 Å². The lowest BCUT2D eigenvalue weighted by Gasteiger charge is -2.01. The number of rotatable bonds is 4. The highest BCUT2D eigenvalue weighted by Crippen LogP contribution is 2.41. The Morgan fingerprint density at radius 1 is 0.773 bits per heavy atom. The summed E-state index contributed by atoms with van der Waals surface area (Å²) in [5.74, 6) is 1.90. The maximum atomic E-state index is 6.55. The summed E-state index contributed by atoms with van der Waals surface area (Å²) in [4.78, 5) is 0. The van der Waals surface area contributed by atoms with E-state index in [9.17, 15) is 0 Å². The highest BCUT2D eigenvalue weighted by Gasteiger charge is 2.20. The molecule has 22 heavy (non-hydrogen) atoms. The molecule has 112 valence electrons. The van der Waals surface area contributed by atoms with Crippen molar-refractivity contribution >= 4 is 34.8 Å². The van der Waals surface area contributed by atoms with Gasteiger partial charge in [-0.15, -0.1) is 11.6 Å². The number of alkyl halides is 1. The first-order valence-electron chi connectivity index (χ1n) is 6.89. The fourth-order valence-electron chi connectivity index (χ4n) is 2.37. The molecule has 0 unspecified atom stereocenters. The zero-order chi connectivity index (χ0) is 15.5. The smallest absolute Gasteiger partial charge is 0.153 e. The van der Waals surface area contributed by atoms with Gasteiger partial charge in [-0.3, -0.25) is 0 Å². The maximum absolute atomic E-state index is 6.55. The van der Waals surface area contributed by atoms with E-state index in [2.05, 4.69) is 0 Å². The Hall–Kier alpha value is -1.41. The molecule has 0 aliphatic rings. The predicted molar refractivity (Wildman–Crippen MR) is 94.0 cm³/mol. The summed E-state index contributed by atoms with van der Waals surface area (Å²) in [6, 6.07) is 17.3. The summed E-state index contributed by atoms with van der Waals surface area (Å²) in [6.45, 7) is 0. The number of hydrogen-bond acceptors (Lipinski definition) is 1. The SMILES string of the molecule is ClCCc1c(-c2ccc(Cl)cc2)oc(-c2ccccc2)c1Cl. The molecule has 1 heterocycles. The van der Waals surface area contributed by atoms with Crippen LogP contribution in [0.4, 0.5) is 0 Å². The van der Waals surface area contributed by atoms with Crippen LogP contribution in [0.2, 0.25) is 10.0 Å². The largest absolute Gasteiger partial charge is 0.454 e. The van der Waals surface area contributed by atoms with Gasteiger partial charge in [-0.05, 0) is 30.7 Å². The molecule has 4 heteroatoms. The number of furan rings is 1. The van der Waals surface area contributed by atoms with Crippen LogP contribution in [0.3, 0.4) is 0 Å². The third-order valence-corrected chi connectivity index (χ3v) is 4.27. The van der Waals surface area contributed by atoms with Crippen LogP contribution in [0.25, 0.3) is 22.6 Å². The Labute approximate surface area is 144 Å². The van der Waals surface area contributed by atoms with Gasteiger partial charge in [-0.2, -0.15) is 0 Å². The van der Waals surface area contributed by atoms with Crippen LogP contribution in [0.5, 0.6) is 0 Å². The molecular weight excluding hydrogens is 339 g/mol. The molecule has 0 saturated heterocycles. The molecule has 0 aliphatic heterocycles. The minimum absolute atomic E-state index is 0.480. The van der Waals surface area contributed by atoms with E-state index in [-0.39, 0.29) is 0 Å². The monoisotopic (exact) mass is 350 g/mol. The lowest BCUT2D eigenvalue weighted by Crippen LogP contribution is -1.88. The summed E-state index contributed by atoms with van der Waals surface area (Å²) in [5.41, 5.74) is 2.81. The summed E-state index contributed by atoms with van der Waals surface area (Å²) >= 11 is 18.4. The van der Waals surface area contributed by atoms with Gasteiger partial charge in [0, 0.05) is 27.6 Å². The van der Waals surface area contributed by atoms with E-state index in [1.165, 1.54) is 0 Å². The summed E-state index contributed by atoms with van der Waals surface area (Å²) in [5, 5.41) is 1.31. The zero-order valence-electron chi connectivity index (χ0n) is 11.7. The van der Waals surface area contributed by atoms with Crippen molar-refractivity contribution in [2.24, 2.45) is 0 Å². The third-order valence-electron chi connectivity index (χ3n) is 3.43. The number of hydrogen-bond donors (Lipinski definition) is 0. The maximum Gasteiger partial charge on any atom is 0.153 e. The molecule has 0 amide bonds. The number of benzene rings is 2. The van der Waals surface area contributed by atoms with Crippen LogP contribution in [0.1, 0.15) is 5.56 Å². The lowest BCUT2D eigenvalue weighted by molar-refractivity contribution is 0.594. The summed E-state index contributed by atoms with van der Waals surface area (Å²) in [6.07, 6.45) is 0.648. The van der Waals surface area contributed by atoms with Gasteiger partial charge >= 0.3 is 0 Å². The second-order valence-electron chi connectivity index (χ2n) is 4.86. The average molecular weight is 352 g/mol. The van der Waals surface area contributed by atoms with Crippen molar-refractivity contribution in [1.82, 2.24) is 0 Å². The van der Waals surface area contributed by atoms with Gasteiger partial charge in [-0.25, -0.2) is 0 Å². The van der Waals surface area contributed by atoms with Gasteiger partial charge in [0.15, 0.2) is 5.76 Å². The van der Waals surface area contributed by atoms with Crippen LogP contribution in [-0.4, -0.2) is 5.88 Å². The molecule has 0 bridgehead atoms. The molecule has 3 rings (SSSR count). The van der Waals surface area contributed by atoms with Gasteiger partial charge in [0.1, 0.15) is 5.76 Å². The standard InChI is InChI=1S/C18H13Cl3O/c19-11-10-15-16(21)18(12-4-2-1-3-5-12)22-17(15)13-6-8-14(20)9-7-13/h1-9H,10-11H2. The molecule has 3 aromatic rings. The predicted octanol–water partition coefficient (Wildman–Crippen LogP) is 6.70. The Kier molecular flexibility index (Phi) is 4.77. The first kappa shape index (κ1) is 15.5. The quantitative estimate of drug-likeness (QED) is 0.476. The Morgan fingerprint density at radius 3 is 2.05 bits per heavy atom. The van der Waals surface area contributed by atoms with Crippen molar-refractivity contribution < 1.29 is 4.42 Å². The molecule has 0 spiro atoms. The van der Waals surface area contributed by atoms with Crippen molar-refractivity contribution in [2.75, 3.05) is 5.88 Å². The second kappa shape index (κ2) is 6.78. The van der Waals surface area contributed by atoms with Crippen molar-refractivity contribution in [1.29, 1.82) is 0 Å². The normalized spacial score (nSPS) is 10.9. The molecule has 0 N–H and O–H groups in total. The van der Waals surface area contributed by atoms with Gasteiger partial charge in [0.05, 0.1) is 5.02 Å². The summed E-state index contributed by atoms with van der Waals surface area (Å²) in [7, 11) is 0. The molecule has 0 saturated carbocycles. The molecule has 0 aliphatic carbocycles. The van der Waals surface area contributed by atoms with Gasteiger partial charge < -0.3 is 4.42 Å². The van der Waals surface area contributed by atoms with Gasteiger partial charge in [0.2, 0.25) is 0 Å². The molecule has 2 aromatic carbocycles. The van der Waals surface area contributed by atoms with Crippen LogP contribution in [-0.2, 0) is 6.42 Å². The minimum atomic E-state index is 0.480. The molecule has 1 aromatic heterocycles. The van der Waals surface area contributed by atoms with Gasteiger partial charge in [0.25, 0.3) is 0 Å². The molecular formula is C18H13Cl3O. The molecule has 0 fully saturated rings. The molecule has 0 radical (unpaired) electrons. The minimum Gasteiger partial charge on any atom is -0.454 e. The van der Waals surface area contributed by atoms with E-state index in [1.54, 1.807) is 0 Å². The van der Waals surface area contributed by atoms with E-state index in [0.29, 0.717) is 28.1 Å². The zero-order valence-corrected chi connectivity index (χ0v) is 13.9. The van der Waals surface area contributed by atoms with E-state index < -0.39 is 0 Å². The lowest BCUT2D eigenvalue weighted by atomic mass is 10.1. The topological polar surface area (TPSA) is 13.1 Å². The second-order valence-corrected chi connectivity index (χ2v) is 6.06. The molecule has 1 nitrogen and oxygen atoms in total. The van der Waals surface area contributed by atoms with Crippen molar-refractivity contribution in [3.8, 4) is 22.6 Å². The highest BCUT2D eigenvalue weighted by molar-refractivity contribution is 6.34. The first-order valence-corrected chi connectivity index (χ1v) is 8.18. The van der Waals surface area contributed by atoms with Crippen molar-refractivity contribution in [3.63, 3.8) is 0 Å². The van der Waals surface area contributed by atoms with Crippen LogP contribution >= 0.6 is 34.8 Å². The van der Waals surface area contributed by atoms with E-state index in [1.807, 2.05) is 54.6 Å². The molecule has 0 atom stereocenters. The fraction of sp³-hybridized carbons (Fsp3) is 0.111. The van der Waals surface area contributed by atoms with E-state index >= 15 is 0 Å². The third kappa shape index (κ3) is 3.03. The van der Waals surface area contributed by atoms with Crippen LogP contribution in [0, 0.1) is 0 Å². The van der Waals surface area contributed by atoms with Crippen molar-refractivity contribution in [2.45, 2.75) is 6.42 Å². The van der Waals surface area contributed by atoms with Crippen LogP contribution < -0.4 is 0 Å². The Bertz CT molecular complexity index is 761. The number of halogens is 3. The highest BCUT2D eigenvalue weighted by atomic mass is 35.5. The van der Waals surface area contributed by atoms with Crippen molar-refractivity contribution in [3.05, 3.63) is 70.2 Å². The van der Waals surface area contributed by atoms with Crippen LogP contribution in [0.15, 0.2) is 59.0 Å². The van der Waals surface area contributed by atoms with Gasteiger partial charge in [-0.1, -0.05) is 53.5 Å². The van der Waals surface area contributed by atoms with E-state index in [4.69, 9.17) is 39.2 Å². The summed E-state index contributed by atoms with van der Waals surface area (Å²) < 4.78 is 6.08. The fourth-order valence-corrected chi connectivity index (χ4v) is 3.02.